The molecule has 4 aromatic rings. The third-order valence-corrected chi connectivity index (χ3v) is 6.69. The van der Waals surface area contributed by atoms with Gasteiger partial charge in [-0.25, -0.2) is 19.3 Å². The Labute approximate surface area is 198 Å². The lowest BCUT2D eigenvalue weighted by Gasteiger charge is -2.37. The Kier molecular flexibility index (Phi) is 6.11. The first kappa shape index (κ1) is 22.2. The maximum Gasteiger partial charge on any atom is 0.222 e. The third kappa shape index (κ3) is 4.56. The fraction of sp³-hybridized carbons (Fsp3) is 0.296. The van der Waals surface area contributed by atoms with Crippen LogP contribution < -0.4 is 5.32 Å². The number of hydrogen-bond donors (Lipinski definition) is 2. The number of nitrogens with one attached hydrogen (secondary N) is 1. The molecular weight excluding hydrogens is 429 g/mol. The van der Waals surface area contributed by atoms with Gasteiger partial charge in [0, 0.05) is 31.3 Å². The number of imidazole rings is 1. The summed E-state index contributed by atoms with van der Waals surface area (Å²) in [6.45, 7) is 0. The van der Waals surface area contributed by atoms with Crippen LogP contribution in [-0.4, -0.2) is 37.3 Å². The summed E-state index contributed by atoms with van der Waals surface area (Å²) in [7, 11) is 1.78. The Morgan fingerprint density at radius 1 is 1.03 bits per heavy atom. The summed E-state index contributed by atoms with van der Waals surface area (Å²) in [5.41, 5.74) is 3.67. The highest BCUT2D eigenvalue weighted by molar-refractivity contribution is 5.77. The van der Waals surface area contributed by atoms with Gasteiger partial charge in [-0.15, -0.1) is 0 Å². The van der Waals surface area contributed by atoms with Crippen LogP contribution in [0.15, 0.2) is 73.2 Å². The fourth-order valence-electron chi connectivity index (χ4n) is 4.89. The molecule has 2 heterocycles. The monoisotopic (exact) mass is 457 g/mol. The second-order valence-electron chi connectivity index (χ2n) is 8.99. The lowest BCUT2D eigenvalue weighted by molar-refractivity contribution is -0.00688. The molecule has 1 aliphatic carbocycles. The van der Waals surface area contributed by atoms with Crippen molar-refractivity contribution in [1.29, 1.82) is 0 Å². The maximum atomic E-state index is 13.6. The predicted octanol–water partition coefficient (Wildman–Crippen LogP) is 5.28. The van der Waals surface area contributed by atoms with Crippen molar-refractivity contribution in [1.82, 2.24) is 19.5 Å². The van der Waals surface area contributed by atoms with Crippen molar-refractivity contribution >= 4 is 5.95 Å². The Hall–Kier alpha value is -3.58. The Balaban J connectivity index is 1.46. The summed E-state index contributed by atoms with van der Waals surface area (Å²) in [4.78, 5) is 13.6. The SMILES string of the molecule is CNc1nccc(-c2c(-c3ccc(F)cc3)ncn2C2CCC(O)(Cc3ccccc3)CC2)n1. The Bertz CT molecular complexity index is 1250. The van der Waals surface area contributed by atoms with Crippen LogP contribution in [0.1, 0.15) is 37.3 Å². The van der Waals surface area contributed by atoms with Gasteiger partial charge in [0.1, 0.15) is 5.82 Å². The van der Waals surface area contributed by atoms with Gasteiger partial charge >= 0.3 is 0 Å². The molecule has 7 heteroatoms. The van der Waals surface area contributed by atoms with E-state index in [2.05, 4.69) is 32.0 Å². The maximum absolute atomic E-state index is 13.6. The van der Waals surface area contributed by atoms with E-state index in [9.17, 15) is 9.50 Å². The standard InChI is InChI=1S/C27H28FN5O/c1-29-26-30-16-13-23(32-26)25-24(20-7-9-21(28)10-8-20)31-18-33(25)22-11-14-27(34,15-12-22)17-19-5-3-2-4-6-19/h2-10,13,16,18,22,34H,11-12,14-15,17H2,1H3,(H,29,30,32). The molecule has 2 aromatic heterocycles. The highest BCUT2D eigenvalue weighted by atomic mass is 19.1. The fourth-order valence-corrected chi connectivity index (χ4v) is 4.89. The number of nitrogens with zero attached hydrogens (tertiary/aromatic N) is 4. The van der Waals surface area contributed by atoms with Gasteiger partial charge < -0.3 is 15.0 Å². The molecule has 0 unspecified atom stereocenters. The minimum Gasteiger partial charge on any atom is -0.390 e. The zero-order valence-electron chi connectivity index (χ0n) is 19.2. The first-order chi connectivity index (χ1) is 16.5. The largest absolute Gasteiger partial charge is 0.390 e. The minimum absolute atomic E-state index is 0.181. The van der Waals surface area contributed by atoms with Crippen molar-refractivity contribution in [2.24, 2.45) is 0 Å². The Morgan fingerprint density at radius 2 is 1.76 bits per heavy atom. The number of aliphatic hydroxyl groups is 1. The Morgan fingerprint density at radius 3 is 2.47 bits per heavy atom. The average molecular weight is 458 g/mol. The molecule has 1 aliphatic rings. The van der Waals surface area contributed by atoms with Crippen molar-refractivity contribution in [2.45, 2.75) is 43.7 Å². The second kappa shape index (κ2) is 9.35. The highest BCUT2D eigenvalue weighted by Crippen LogP contribution is 2.41. The van der Waals surface area contributed by atoms with Crippen LogP contribution in [0.5, 0.6) is 0 Å². The molecule has 0 bridgehead atoms. The van der Waals surface area contributed by atoms with Crippen LogP contribution in [0.3, 0.4) is 0 Å². The molecule has 2 N–H and O–H groups in total. The molecule has 0 aliphatic heterocycles. The van der Waals surface area contributed by atoms with Crippen molar-refractivity contribution in [3.63, 3.8) is 0 Å². The van der Waals surface area contributed by atoms with Gasteiger partial charge in [0.15, 0.2) is 0 Å². The predicted molar refractivity (Wildman–Crippen MR) is 131 cm³/mol. The molecule has 1 fully saturated rings. The van der Waals surface area contributed by atoms with Crippen LogP contribution in [-0.2, 0) is 6.42 Å². The van der Waals surface area contributed by atoms with E-state index in [-0.39, 0.29) is 11.9 Å². The normalized spacial score (nSPS) is 20.3. The average Bonchev–Trinajstić information content (AvgIpc) is 3.30. The number of benzene rings is 2. The quantitative estimate of drug-likeness (QED) is 0.412. The van der Waals surface area contributed by atoms with Gasteiger partial charge in [-0.3, -0.25) is 0 Å². The summed E-state index contributed by atoms with van der Waals surface area (Å²) in [6.07, 6.45) is 7.32. The smallest absolute Gasteiger partial charge is 0.222 e. The van der Waals surface area contributed by atoms with Crippen molar-refractivity contribution in [3.05, 3.63) is 84.6 Å². The summed E-state index contributed by atoms with van der Waals surface area (Å²) in [5, 5.41) is 14.3. The van der Waals surface area contributed by atoms with Gasteiger partial charge in [-0.05, 0) is 61.6 Å². The zero-order valence-corrected chi connectivity index (χ0v) is 19.2. The van der Waals surface area contributed by atoms with Crippen LogP contribution in [0.25, 0.3) is 22.6 Å². The van der Waals surface area contributed by atoms with E-state index in [0.29, 0.717) is 25.2 Å². The first-order valence-corrected chi connectivity index (χ1v) is 11.6. The van der Waals surface area contributed by atoms with Gasteiger partial charge in [0.2, 0.25) is 5.95 Å². The number of aromatic nitrogens is 4. The minimum atomic E-state index is -0.702. The second-order valence-corrected chi connectivity index (χ2v) is 8.99. The molecule has 0 radical (unpaired) electrons. The first-order valence-electron chi connectivity index (χ1n) is 11.6. The molecule has 6 nitrogen and oxygen atoms in total. The molecule has 2 aromatic carbocycles. The van der Waals surface area contributed by atoms with Gasteiger partial charge in [-0.1, -0.05) is 30.3 Å². The van der Waals surface area contributed by atoms with E-state index in [0.717, 1.165) is 41.1 Å². The van der Waals surface area contributed by atoms with Crippen molar-refractivity contribution < 1.29 is 9.50 Å². The van der Waals surface area contributed by atoms with Gasteiger partial charge in [0.25, 0.3) is 0 Å². The molecule has 34 heavy (non-hydrogen) atoms. The number of anilines is 1. The zero-order chi connectivity index (χ0) is 23.5. The lowest BCUT2D eigenvalue weighted by atomic mass is 9.78. The molecule has 0 amide bonds. The third-order valence-electron chi connectivity index (χ3n) is 6.69. The molecular formula is C27H28FN5O. The van der Waals surface area contributed by atoms with Crippen molar-refractivity contribution in [3.8, 4) is 22.6 Å². The van der Waals surface area contributed by atoms with E-state index >= 15 is 0 Å². The van der Waals surface area contributed by atoms with Crippen LogP contribution in [0.4, 0.5) is 10.3 Å². The van der Waals surface area contributed by atoms with E-state index in [1.165, 1.54) is 12.1 Å². The van der Waals surface area contributed by atoms with Crippen LogP contribution in [0, 0.1) is 5.82 Å². The highest BCUT2D eigenvalue weighted by Gasteiger charge is 2.35. The van der Waals surface area contributed by atoms with Crippen LogP contribution in [0.2, 0.25) is 0 Å². The summed E-state index contributed by atoms with van der Waals surface area (Å²) in [5.74, 6) is 0.241. The molecule has 0 saturated heterocycles. The van der Waals surface area contributed by atoms with E-state index in [1.807, 2.05) is 30.6 Å². The van der Waals surface area contributed by atoms with E-state index in [1.54, 1.807) is 25.4 Å². The molecule has 0 spiro atoms. The summed E-state index contributed by atoms with van der Waals surface area (Å²) in [6, 6.07) is 18.6. The molecule has 174 valence electrons. The number of halogens is 1. The lowest BCUT2D eigenvalue weighted by Crippen LogP contribution is -2.36. The molecule has 1 saturated carbocycles. The topological polar surface area (TPSA) is 75.9 Å². The van der Waals surface area contributed by atoms with Gasteiger partial charge in [-0.2, -0.15) is 0 Å². The number of rotatable bonds is 6. The van der Waals surface area contributed by atoms with Gasteiger partial charge in [0.05, 0.1) is 29.0 Å². The number of hydrogen-bond acceptors (Lipinski definition) is 5. The molecule has 5 rings (SSSR count). The molecule has 0 atom stereocenters. The van der Waals surface area contributed by atoms with Crippen LogP contribution >= 0.6 is 0 Å². The summed E-state index contributed by atoms with van der Waals surface area (Å²) < 4.78 is 15.7. The van der Waals surface area contributed by atoms with E-state index < -0.39 is 5.60 Å². The summed E-state index contributed by atoms with van der Waals surface area (Å²) >= 11 is 0. The van der Waals surface area contributed by atoms with E-state index in [4.69, 9.17) is 4.98 Å². The van der Waals surface area contributed by atoms with Crippen molar-refractivity contribution in [2.75, 3.05) is 12.4 Å².